The molecule has 0 aromatic carbocycles. The van der Waals surface area contributed by atoms with Gasteiger partial charge in [-0.25, -0.2) is 23.7 Å². The van der Waals surface area contributed by atoms with Crippen molar-refractivity contribution in [1.29, 1.82) is 0 Å². The van der Waals surface area contributed by atoms with E-state index in [9.17, 15) is 8.78 Å². The van der Waals surface area contributed by atoms with Crippen molar-refractivity contribution in [1.82, 2.24) is 19.9 Å². The lowest BCUT2D eigenvalue weighted by Crippen LogP contribution is -2.79. The van der Waals surface area contributed by atoms with Crippen molar-refractivity contribution in [2.45, 2.75) is 31.7 Å². The number of nitrogens with zero attached hydrogens (tertiary/aromatic N) is 3. The van der Waals surface area contributed by atoms with E-state index in [1.807, 2.05) is 0 Å². The predicted octanol–water partition coefficient (Wildman–Crippen LogP) is 4.14. The quantitative estimate of drug-likeness (QED) is 0.730. The highest BCUT2D eigenvalue weighted by molar-refractivity contribution is 5.92. The monoisotopic (exact) mass is 367 g/mol. The molecule has 4 fully saturated rings. The Balaban J connectivity index is 1.40. The van der Waals surface area contributed by atoms with Gasteiger partial charge in [-0.15, -0.1) is 0 Å². The van der Waals surface area contributed by atoms with Crippen molar-refractivity contribution in [3.8, 4) is 11.3 Å². The third kappa shape index (κ3) is 1.84. The number of halogens is 2. The molecule has 138 valence electrons. The Hall–Kier alpha value is -2.57. The van der Waals surface area contributed by atoms with E-state index in [0.717, 1.165) is 12.1 Å². The molecule has 4 unspecified atom stereocenters. The lowest BCUT2D eigenvalue weighted by Gasteiger charge is -2.76. The maximum atomic E-state index is 14.5. The molecular weight excluding hydrogens is 348 g/mol. The van der Waals surface area contributed by atoms with Crippen LogP contribution in [0.25, 0.3) is 22.3 Å². The first-order valence-electron chi connectivity index (χ1n) is 9.51. The van der Waals surface area contributed by atoms with Crippen molar-refractivity contribution >= 4 is 17.0 Å². The molecule has 0 saturated heterocycles. The molecule has 27 heavy (non-hydrogen) atoms. The van der Waals surface area contributed by atoms with Crippen molar-refractivity contribution in [3.05, 3.63) is 36.3 Å². The van der Waals surface area contributed by atoms with Gasteiger partial charge < -0.3 is 10.3 Å². The second-order valence-corrected chi connectivity index (χ2v) is 8.27. The van der Waals surface area contributed by atoms with Crippen LogP contribution >= 0.6 is 0 Å². The maximum absolute atomic E-state index is 14.5. The summed E-state index contributed by atoms with van der Waals surface area (Å²) >= 11 is 0. The van der Waals surface area contributed by atoms with Gasteiger partial charge in [0.05, 0.1) is 12.4 Å². The van der Waals surface area contributed by atoms with Crippen LogP contribution in [-0.2, 0) is 0 Å². The van der Waals surface area contributed by atoms with Gasteiger partial charge in [-0.1, -0.05) is 6.92 Å². The largest absolute Gasteiger partial charge is 0.348 e. The second kappa shape index (κ2) is 5.03. The average molecular weight is 367 g/mol. The predicted molar refractivity (Wildman–Crippen MR) is 96.9 cm³/mol. The van der Waals surface area contributed by atoms with E-state index >= 15 is 0 Å². The number of rotatable bonds is 3. The summed E-state index contributed by atoms with van der Waals surface area (Å²) in [6, 6.07) is 1.34. The third-order valence-corrected chi connectivity index (χ3v) is 7.41. The highest BCUT2D eigenvalue weighted by Crippen LogP contribution is 2.71. The van der Waals surface area contributed by atoms with Crippen molar-refractivity contribution in [2.75, 3.05) is 5.32 Å². The van der Waals surface area contributed by atoms with E-state index in [1.54, 1.807) is 6.20 Å². The van der Waals surface area contributed by atoms with Gasteiger partial charge in [-0.3, -0.25) is 0 Å². The fourth-order valence-electron chi connectivity index (χ4n) is 6.16. The summed E-state index contributed by atoms with van der Waals surface area (Å²) in [5, 5.41) is 4.08. The molecule has 7 heteroatoms. The van der Waals surface area contributed by atoms with E-state index < -0.39 is 11.6 Å². The highest BCUT2D eigenvalue weighted by atomic mass is 19.1. The highest BCUT2D eigenvalue weighted by Gasteiger charge is 2.72. The molecule has 0 aliphatic heterocycles. The lowest BCUT2D eigenvalue weighted by molar-refractivity contribution is -0.200. The van der Waals surface area contributed by atoms with Gasteiger partial charge in [0.25, 0.3) is 0 Å². The van der Waals surface area contributed by atoms with Gasteiger partial charge in [-0.05, 0) is 49.0 Å². The number of nitrogens with one attached hydrogen (secondary N) is 2. The van der Waals surface area contributed by atoms with Crippen molar-refractivity contribution in [2.24, 2.45) is 23.7 Å². The molecule has 2 N–H and O–H groups in total. The van der Waals surface area contributed by atoms with E-state index in [1.165, 1.54) is 31.5 Å². The lowest BCUT2D eigenvalue weighted by atomic mass is 9.32. The number of pyridine rings is 1. The van der Waals surface area contributed by atoms with Crippen LogP contribution in [0.3, 0.4) is 0 Å². The molecule has 0 radical (unpaired) electrons. The van der Waals surface area contributed by atoms with Crippen LogP contribution in [-0.4, -0.2) is 25.5 Å². The third-order valence-electron chi connectivity index (χ3n) is 7.41. The number of H-pyrrole nitrogens is 1. The minimum Gasteiger partial charge on any atom is -0.348 e. The molecule has 5 atom stereocenters. The summed E-state index contributed by atoms with van der Waals surface area (Å²) in [7, 11) is 0. The first kappa shape index (κ1) is 15.5. The Morgan fingerprint density at radius 1 is 1.22 bits per heavy atom. The summed E-state index contributed by atoms with van der Waals surface area (Å²) in [5.41, 5.74) is 1.23. The van der Waals surface area contributed by atoms with Crippen LogP contribution in [0, 0.1) is 35.3 Å². The van der Waals surface area contributed by atoms with E-state index in [0.29, 0.717) is 40.3 Å². The standard InChI is InChI=1S/C20H19F2N5/c1-9-12-3-2-10-4-15(12)20(9,10)27-19-25-8-16(22)17(26-19)14-7-24-18-13(14)5-11(21)6-23-18/h5-10,12,15H,2-4H2,1H3,(H,23,24)(H,25,26,27)/t9-,10?,12?,15?,20?/m0/s1. The number of aromatic nitrogens is 4. The fraction of sp³-hybridized carbons (Fsp3) is 0.450. The summed E-state index contributed by atoms with van der Waals surface area (Å²) in [5.74, 6) is 2.19. The molecule has 3 aromatic heterocycles. The Bertz CT molecular complexity index is 1060. The zero-order valence-corrected chi connectivity index (χ0v) is 14.8. The second-order valence-electron chi connectivity index (χ2n) is 8.27. The van der Waals surface area contributed by atoms with Gasteiger partial charge in [0.2, 0.25) is 5.95 Å². The molecule has 5 nitrogen and oxygen atoms in total. The van der Waals surface area contributed by atoms with Crippen LogP contribution in [0.4, 0.5) is 14.7 Å². The Labute approximate surface area is 154 Å². The summed E-state index contributed by atoms with van der Waals surface area (Å²) in [6.45, 7) is 2.30. The average Bonchev–Trinajstić information content (AvgIpc) is 3.09. The summed E-state index contributed by atoms with van der Waals surface area (Å²) in [6.07, 6.45) is 7.80. The Morgan fingerprint density at radius 3 is 2.89 bits per heavy atom. The van der Waals surface area contributed by atoms with Crippen LogP contribution in [0.15, 0.2) is 24.7 Å². The van der Waals surface area contributed by atoms with Gasteiger partial charge in [0, 0.05) is 22.7 Å². The maximum Gasteiger partial charge on any atom is 0.223 e. The number of aromatic amines is 1. The zero-order valence-electron chi connectivity index (χ0n) is 14.8. The number of hydrogen-bond acceptors (Lipinski definition) is 4. The molecule has 4 bridgehead atoms. The van der Waals surface area contributed by atoms with E-state index in [2.05, 4.69) is 32.2 Å². The topological polar surface area (TPSA) is 66.5 Å². The van der Waals surface area contributed by atoms with Gasteiger partial charge in [0.1, 0.15) is 17.2 Å². The first-order valence-corrected chi connectivity index (χ1v) is 9.51. The van der Waals surface area contributed by atoms with Crippen LogP contribution in [0.1, 0.15) is 26.2 Å². The van der Waals surface area contributed by atoms with Gasteiger partial charge in [0.15, 0.2) is 5.82 Å². The van der Waals surface area contributed by atoms with E-state index in [-0.39, 0.29) is 11.2 Å². The molecule has 4 aliphatic rings. The molecular formula is C20H19F2N5. The normalized spacial score (nSPS) is 33.4. The van der Waals surface area contributed by atoms with Crippen LogP contribution in [0.5, 0.6) is 0 Å². The Kier molecular flexibility index (Phi) is 2.88. The molecule has 4 saturated carbocycles. The van der Waals surface area contributed by atoms with Gasteiger partial charge >= 0.3 is 0 Å². The van der Waals surface area contributed by atoms with Crippen LogP contribution < -0.4 is 5.32 Å². The van der Waals surface area contributed by atoms with Crippen molar-refractivity contribution < 1.29 is 8.78 Å². The molecule has 0 amide bonds. The number of anilines is 1. The smallest absolute Gasteiger partial charge is 0.223 e. The summed E-state index contributed by atoms with van der Waals surface area (Å²) in [4.78, 5) is 15.6. The van der Waals surface area contributed by atoms with Crippen molar-refractivity contribution in [3.63, 3.8) is 0 Å². The minimum atomic E-state index is -0.531. The number of fused-ring (bicyclic) bond motifs is 2. The first-order chi connectivity index (χ1) is 13.1. The van der Waals surface area contributed by atoms with Crippen LogP contribution in [0.2, 0.25) is 0 Å². The summed E-state index contributed by atoms with van der Waals surface area (Å²) < 4.78 is 28.2. The SMILES string of the molecule is C[C@H]1C2CCC3CC2C31Nc1ncc(F)c(-c2c[nH]c3ncc(F)cc23)n1. The zero-order chi connectivity index (χ0) is 18.3. The fourth-order valence-corrected chi connectivity index (χ4v) is 6.16. The molecule has 0 spiro atoms. The Morgan fingerprint density at radius 2 is 2.11 bits per heavy atom. The molecule has 3 heterocycles. The molecule has 7 rings (SSSR count). The van der Waals surface area contributed by atoms with Gasteiger partial charge in [-0.2, -0.15) is 0 Å². The minimum absolute atomic E-state index is 0.0753. The van der Waals surface area contributed by atoms with E-state index in [4.69, 9.17) is 0 Å². The molecule has 4 aliphatic carbocycles. The molecule has 3 aromatic rings. The number of hydrogen-bond donors (Lipinski definition) is 2.